The number of aromatic nitrogens is 4. The fourth-order valence-corrected chi connectivity index (χ4v) is 2.28. The third kappa shape index (κ3) is 3.41. The minimum atomic E-state index is -0.0359. The van der Waals surface area contributed by atoms with Crippen LogP contribution in [0.3, 0.4) is 0 Å². The molecule has 2 aromatic heterocycles. The second-order valence-electron chi connectivity index (χ2n) is 5.45. The molecule has 1 aliphatic rings. The number of carbonyl (C=O) groups excluding carboxylic acids is 1. The van der Waals surface area contributed by atoms with Crippen LogP contribution in [0.1, 0.15) is 32.6 Å². The molecule has 1 aliphatic carbocycles. The lowest BCUT2D eigenvalue weighted by molar-refractivity contribution is 0.208. The molecule has 0 saturated heterocycles. The van der Waals surface area contributed by atoms with Gasteiger partial charge in [-0.2, -0.15) is 5.10 Å². The van der Waals surface area contributed by atoms with Crippen molar-refractivity contribution in [3.05, 3.63) is 31.0 Å². The molecule has 0 atom stereocenters. The second kappa shape index (κ2) is 6.55. The number of amides is 2. The Morgan fingerprint density at radius 2 is 2.32 bits per heavy atom. The smallest absolute Gasteiger partial charge is 0.322 e. The van der Waals surface area contributed by atoms with Crippen LogP contribution in [0, 0.1) is 0 Å². The average molecular weight is 300 g/mol. The number of urea groups is 1. The van der Waals surface area contributed by atoms with Gasteiger partial charge in [-0.1, -0.05) is 13.3 Å². The average Bonchev–Trinajstić information content (AvgIpc) is 3.22. The molecule has 2 aromatic rings. The summed E-state index contributed by atoms with van der Waals surface area (Å²) in [5.41, 5.74) is 0.691. The van der Waals surface area contributed by atoms with Crippen molar-refractivity contribution in [2.45, 2.75) is 38.6 Å². The van der Waals surface area contributed by atoms with Gasteiger partial charge in [0.2, 0.25) is 0 Å². The monoisotopic (exact) mass is 300 g/mol. The van der Waals surface area contributed by atoms with Crippen molar-refractivity contribution in [3.63, 3.8) is 0 Å². The lowest BCUT2D eigenvalue weighted by atomic mass is 10.3. The first-order valence-electron chi connectivity index (χ1n) is 7.66. The molecule has 0 aliphatic heterocycles. The molecule has 0 radical (unpaired) electrons. The Morgan fingerprint density at radius 1 is 1.45 bits per heavy atom. The summed E-state index contributed by atoms with van der Waals surface area (Å²) in [5.74, 6) is 0.667. The first-order chi connectivity index (χ1) is 10.8. The standard InChI is InChI=1S/C15H20N6O/c1-2-3-8-20(13-5-6-13)15(22)19-12-4-7-14(17-9-12)21-11-16-10-18-21/h4,7,9-11,13H,2-3,5-6,8H2,1H3,(H,19,22). The van der Waals surface area contributed by atoms with Gasteiger partial charge in [0.25, 0.3) is 0 Å². The summed E-state index contributed by atoms with van der Waals surface area (Å²) in [6.45, 7) is 2.95. The largest absolute Gasteiger partial charge is 0.322 e. The summed E-state index contributed by atoms with van der Waals surface area (Å²) < 4.78 is 1.57. The first kappa shape index (κ1) is 14.5. The molecular formula is C15H20N6O. The highest BCUT2D eigenvalue weighted by atomic mass is 16.2. The van der Waals surface area contributed by atoms with E-state index in [9.17, 15) is 4.79 Å². The second-order valence-corrected chi connectivity index (χ2v) is 5.45. The number of unbranched alkanes of at least 4 members (excludes halogenated alkanes) is 1. The van der Waals surface area contributed by atoms with Crippen LogP contribution in [0.2, 0.25) is 0 Å². The summed E-state index contributed by atoms with van der Waals surface area (Å²) in [7, 11) is 0. The van der Waals surface area contributed by atoms with E-state index in [1.54, 1.807) is 23.3 Å². The maximum atomic E-state index is 12.4. The predicted octanol–water partition coefficient (Wildman–Crippen LogP) is 2.46. The third-order valence-electron chi connectivity index (χ3n) is 3.65. The van der Waals surface area contributed by atoms with E-state index in [4.69, 9.17) is 0 Å². The number of nitrogens with one attached hydrogen (secondary N) is 1. The van der Waals surface area contributed by atoms with Gasteiger partial charge < -0.3 is 10.2 Å². The van der Waals surface area contributed by atoms with Crippen LogP contribution in [0.4, 0.5) is 10.5 Å². The zero-order chi connectivity index (χ0) is 15.4. The van der Waals surface area contributed by atoms with Gasteiger partial charge in [-0.25, -0.2) is 19.4 Å². The summed E-state index contributed by atoms with van der Waals surface area (Å²) in [6.07, 6.45) is 9.03. The van der Waals surface area contributed by atoms with E-state index in [-0.39, 0.29) is 6.03 Å². The van der Waals surface area contributed by atoms with E-state index in [1.807, 2.05) is 11.0 Å². The van der Waals surface area contributed by atoms with E-state index in [1.165, 1.54) is 6.33 Å². The van der Waals surface area contributed by atoms with Crippen LogP contribution in [0.15, 0.2) is 31.0 Å². The molecule has 0 spiro atoms. The Balaban J connectivity index is 1.63. The zero-order valence-corrected chi connectivity index (χ0v) is 12.6. The zero-order valence-electron chi connectivity index (χ0n) is 12.6. The highest BCUT2D eigenvalue weighted by Crippen LogP contribution is 2.27. The van der Waals surface area contributed by atoms with Crippen molar-refractivity contribution < 1.29 is 4.79 Å². The lowest BCUT2D eigenvalue weighted by Crippen LogP contribution is -2.37. The Hall–Kier alpha value is -2.44. The Labute approximate surface area is 129 Å². The molecular weight excluding hydrogens is 280 g/mol. The number of hydrogen-bond donors (Lipinski definition) is 1. The maximum Gasteiger partial charge on any atom is 0.322 e. The van der Waals surface area contributed by atoms with Gasteiger partial charge in [-0.05, 0) is 31.4 Å². The molecule has 2 amide bonds. The molecule has 0 aromatic carbocycles. The van der Waals surface area contributed by atoms with Crippen LogP contribution in [0.5, 0.6) is 0 Å². The Kier molecular flexibility index (Phi) is 4.32. The van der Waals surface area contributed by atoms with Crippen molar-refractivity contribution in [2.24, 2.45) is 0 Å². The Morgan fingerprint density at radius 3 is 2.91 bits per heavy atom. The van der Waals surface area contributed by atoms with Gasteiger partial charge in [0.05, 0.1) is 11.9 Å². The van der Waals surface area contributed by atoms with Gasteiger partial charge >= 0.3 is 6.03 Å². The number of rotatable bonds is 6. The summed E-state index contributed by atoms with van der Waals surface area (Å²) in [5, 5.41) is 6.94. The first-order valence-corrected chi connectivity index (χ1v) is 7.66. The van der Waals surface area contributed by atoms with Crippen molar-refractivity contribution >= 4 is 11.7 Å². The molecule has 7 nitrogen and oxygen atoms in total. The molecule has 3 rings (SSSR count). The summed E-state index contributed by atoms with van der Waals surface area (Å²) in [4.78, 5) is 22.5. The summed E-state index contributed by atoms with van der Waals surface area (Å²) >= 11 is 0. The van der Waals surface area contributed by atoms with E-state index in [2.05, 4.69) is 27.3 Å². The van der Waals surface area contributed by atoms with E-state index >= 15 is 0 Å². The fraction of sp³-hybridized carbons (Fsp3) is 0.467. The minimum Gasteiger partial charge on any atom is -0.322 e. The maximum absolute atomic E-state index is 12.4. The molecule has 1 saturated carbocycles. The predicted molar refractivity (Wildman–Crippen MR) is 82.8 cm³/mol. The third-order valence-corrected chi connectivity index (χ3v) is 3.65. The quantitative estimate of drug-likeness (QED) is 0.889. The highest BCUT2D eigenvalue weighted by molar-refractivity contribution is 5.89. The van der Waals surface area contributed by atoms with Crippen LogP contribution in [-0.4, -0.2) is 43.3 Å². The van der Waals surface area contributed by atoms with Gasteiger partial charge in [-0.15, -0.1) is 0 Å². The van der Waals surface area contributed by atoms with Crippen LogP contribution in [-0.2, 0) is 0 Å². The Bertz CT molecular complexity index is 605. The number of anilines is 1. The van der Waals surface area contributed by atoms with Crippen molar-refractivity contribution in [2.75, 3.05) is 11.9 Å². The van der Waals surface area contributed by atoms with Gasteiger partial charge in [0.1, 0.15) is 12.7 Å². The molecule has 0 unspecified atom stereocenters. The minimum absolute atomic E-state index is 0.0359. The van der Waals surface area contributed by atoms with Gasteiger partial charge in [-0.3, -0.25) is 0 Å². The lowest BCUT2D eigenvalue weighted by Gasteiger charge is -2.22. The number of pyridine rings is 1. The number of nitrogens with zero attached hydrogens (tertiary/aromatic N) is 5. The van der Waals surface area contributed by atoms with E-state index in [0.29, 0.717) is 17.5 Å². The van der Waals surface area contributed by atoms with Crippen molar-refractivity contribution in [3.8, 4) is 5.82 Å². The van der Waals surface area contributed by atoms with Crippen molar-refractivity contribution in [1.29, 1.82) is 0 Å². The highest BCUT2D eigenvalue weighted by Gasteiger charge is 2.32. The topological polar surface area (TPSA) is 75.9 Å². The molecule has 2 heterocycles. The molecule has 1 fully saturated rings. The van der Waals surface area contributed by atoms with E-state index in [0.717, 1.165) is 32.2 Å². The molecule has 22 heavy (non-hydrogen) atoms. The van der Waals surface area contributed by atoms with Crippen molar-refractivity contribution in [1.82, 2.24) is 24.6 Å². The van der Waals surface area contributed by atoms with Crippen LogP contribution < -0.4 is 5.32 Å². The summed E-state index contributed by atoms with van der Waals surface area (Å²) in [6, 6.07) is 4.00. The number of carbonyl (C=O) groups is 1. The fourth-order valence-electron chi connectivity index (χ4n) is 2.28. The van der Waals surface area contributed by atoms with Gasteiger partial charge in [0.15, 0.2) is 5.82 Å². The number of hydrogen-bond acceptors (Lipinski definition) is 4. The van der Waals surface area contributed by atoms with Crippen LogP contribution in [0.25, 0.3) is 5.82 Å². The van der Waals surface area contributed by atoms with E-state index < -0.39 is 0 Å². The van der Waals surface area contributed by atoms with Crippen LogP contribution >= 0.6 is 0 Å². The van der Waals surface area contributed by atoms with Gasteiger partial charge in [0, 0.05) is 12.6 Å². The molecule has 7 heteroatoms. The molecule has 116 valence electrons. The SMILES string of the molecule is CCCCN(C(=O)Nc1ccc(-n2cncn2)nc1)C1CC1. The normalized spacial score (nSPS) is 13.9. The molecule has 0 bridgehead atoms. The molecule has 1 N–H and O–H groups in total.